The summed E-state index contributed by atoms with van der Waals surface area (Å²) in [6.07, 6.45) is 0.420. The lowest BCUT2D eigenvalue weighted by molar-refractivity contribution is -0.0726. The number of carbonyl (C=O) groups is 2. The van der Waals surface area contributed by atoms with E-state index < -0.39 is 0 Å². The Labute approximate surface area is 158 Å². The van der Waals surface area contributed by atoms with Crippen molar-refractivity contribution in [3.63, 3.8) is 0 Å². The van der Waals surface area contributed by atoms with Crippen LogP contribution in [0, 0.1) is 11.8 Å². The third-order valence-electron chi connectivity index (χ3n) is 5.25. The van der Waals surface area contributed by atoms with Gasteiger partial charge in [-0.05, 0) is 38.8 Å². The highest BCUT2D eigenvalue weighted by Gasteiger charge is 2.37. The van der Waals surface area contributed by atoms with Gasteiger partial charge in [0.25, 0.3) is 5.91 Å². The van der Waals surface area contributed by atoms with E-state index >= 15 is 0 Å². The highest BCUT2D eigenvalue weighted by Crippen LogP contribution is 2.28. The van der Waals surface area contributed by atoms with E-state index in [9.17, 15) is 14.7 Å². The maximum absolute atomic E-state index is 12.8. The molecule has 1 aromatic heterocycles. The average molecular weight is 381 g/mol. The van der Waals surface area contributed by atoms with E-state index in [4.69, 9.17) is 4.74 Å². The number of aliphatic hydroxyl groups excluding tert-OH is 1. The number of carbonyl (C=O) groups excluding carboxylic acids is 2. The summed E-state index contributed by atoms with van der Waals surface area (Å²) in [4.78, 5) is 29.7. The van der Waals surface area contributed by atoms with Gasteiger partial charge in [0, 0.05) is 45.2 Å². The predicted octanol–water partition coefficient (Wildman–Crippen LogP) is 1.74. The molecule has 2 fully saturated rings. The molecule has 6 nitrogen and oxygen atoms in total. The Morgan fingerprint density at radius 2 is 1.73 bits per heavy atom. The summed E-state index contributed by atoms with van der Waals surface area (Å²) in [6, 6.07) is 3.45. The minimum absolute atomic E-state index is 0.0165. The van der Waals surface area contributed by atoms with Crippen molar-refractivity contribution >= 4 is 23.0 Å². The highest BCUT2D eigenvalue weighted by atomic mass is 32.1. The second kappa shape index (κ2) is 8.17. The van der Waals surface area contributed by atoms with Gasteiger partial charge in [-0.3, -0.25) is 14.5 Å². The second-order valence-electron chi connectivity index (χ2n) is 7.61. The van der Waals surface area contributed by atoms with Crippen molar-refractivity contribution in [2.75, 3.05) is 39.3 Å². The number of thiophene rings is 1. The molecule has 0 radical (unpaired) electrons. The van der Waals surface area contributed by atoms with Crippen LogP contribution in [0.15, 0.2) is 12.1 Å². The molecule has 7 heteroatoms. The van der Waals surface area contributed by atoms with E-state index in [0.717, 1.165) is 19.6 Å². The Bertz CT molecular complexity index is 652. The summed E-state index contributed by atoms with van der Waals surface area (Å²) in [5.74, 6) is 0.303. The molecular weight excluding hydrogens is 352 g/mol. The number of morpholine rings is 1. The van der Waals surface area contributed by atoms with Crippen LogP contribution in [0.3, 0.4) is 0 Å². The van der Waals surface area contributed by atoms with Gasteiger partial charge in [-0.1, -0.05) is 0 Å². The largest absolute Gasteiger partial charge is 0.396 e. The minimum atomic E-state index is -0.0350. The average Bonchev–Trinajstić information content (AvgIpc) is 3.20. The SMILES string of the molecule is CC(=O)c1ccc(C(=O)N2C[C@@H](CN3C[C@@H](C)O[C@@H](C)C3)[C@@H](CO)C2)s1. The molecule has 2 saturated heterocycles. The zero-order chi connectivity index (χ0) is 18.8. The van der Waals surface area contributed by atoms with Crippen molar-refractivity contribution in [1.82, 2.24) is 9.80 Å². The Balaban J connectivity index is 1.64. The second-order valence-corrected chi connectivity index (χ2v) is 8.69. The molecule has 0 aromatic carbocycles. The number of hydrogen-bond donors (Lipinski definition) is 1. The van der Waals surface area contributed by atoms with Crippen LogP contribution in [0.4, 0.5) is 0 Å². The Morgan fingerprint density at radius 3 is 2.31 bits per heavy atom. The molecule has 0 spiro atoms. The quantitative estimate of drug-likeness (QED) is 0.788. The van der Waals surface area contributed by atoms with Gasteiger partial charge in [-0.25, -0.2) is 0 Å². The van der Waals surface area contributed by atoms with Crippen molar-refractivity contribution in [3.05, 3.63) is 21.9 Å². The predicted molar refractivity (Wildman–Crippen MR) is 101 cm³/mol. The molecule has 2 aliphatic heterocycles. The standard InChI is InChI=1S/C19H28N2O4S/c1-12-6-20(7-13(2)25-12)8-15-9-21(10-16(15)11-22)19(24)18-5-4-17(26-18)14(3)23/h4-5,12-13,15-16,22H,6-11H2,1-3H3/t12-,13+,15-,16-/m1/s1. The first-order valence-electron chi connectivity index (χ1n) is 9.26. The van der Waals surface area contributed by atoms with E-state index in [-0.39, 0.29) is 42.3 Å². The summed E-state index contributed by atoms with van der Waals surface area (Å²) in [6.45, 7) is 9.64. The third kappa shape index (κ3) is 4.34. The first-order valence-corrected chi connectivity index (χ1v) is 10.1. The van der Waals surface area contributed by atoms with Gasteiger partial charge >= 0.3 is 0 Å². The van der Waals surface area contributed by atoms with Gasteiger partial charge in [0.2, 0.25) is 0 Å². The van der Waals surface area contributed by atoms with Crippen LogP contribution in [0.25, 0.3) is 0 Å². The minimum Gasteiger partial charge on any atom is -0.396 e. The first kappa shape index (κ1) is 19.5. The molecule has 4 atom stereocenters. The normalized spacial score (nSPS) is 29.9. The zero-order valence-corrected chi connectivity index (χ0v) is 16.5. The molecule has 3 heterocycles. The number of Topliss-reactive ketones (excluding diaryl/α,β-unsaturated/α-hetero) is 1. The molecule has 0 saturated carbocycles. The molecule has 144 valence electrons. The number of likely N-dealkylation sites (tertiary alicyclic amines) is 1. The van der Waals surface area contributed by atoms with Crippen LogP contribution >= 0.6 is 11.3 Å². The smallest absolute Gasteiger partial charge is 0.263 e. The fourth-order valence-electron chi connectivity index (χ4n) is 4.08. The molecule has 0 aliphatic carbocycles. The van der Waals surface area contributed by atoms with Gasteiger partial charge in [0.15, 0.2) is 5.78 Å². The van der Waals surface area contributed by atoms with E-state index in [0.29, 0.717) is 22.8 Å². The van der Waals surface area contributed by atoms with Crippen molar-refractivity contribution in [2.45, 2.75) is 33.0 Å². The summed E-state index contributed by atoms with van der Waals surface area (Å²) in [5.41, 5.74) is 0. The molecular formula is C19H28N2O4S. The summed E-state index contributed by atoms with van der Waals surface area (Å²) >= 11 is 1.25. The topological polar surface area (TPSA) is 70.1 Å². The zero-order valence-electron chi connectivity index (χ0n) is 15.7. The van der Waals surface area contributed by atoms with Gasteiger partial charge in [-0.2, -0.15) is 0 Å². The molecule has 1 N–H and O–H groups in total. The fraction of sp³-hybridized carbons (Fsp3) is 0.684. The van der Waals surface area contributed by atoms with Gasteiger partial charge in [-0.15, -0.1) is 11.3 Å². The van der Waals surface area contributed by atoms with E-state index in [1.807, 2.05) is 4.90 Å². The monoisotopic (exact) mass is 380 g/mol. The number of rotatable bonds is 5. The highest BCUT2D eigenvalue weighted by molar-refractivity contribution is 7.15. The number of amides is 1. The van der Waals surface area contributed by atoms with Gasteiger partial charge in [0.1, 0.15) is 0 Å². The van der Waals surface area contributed by atoms with Crippen LogP contribution in [-0.4, -0.2) is 78.1 Å². The Hall–Kier alpha value is -1.28. The van der Waals surface area contributed by atoms with Gasteiger partial charge in [0.05, 0.1) is 22.0 Å². The lowest BCUT2D eigenvalue weighted by Crippen LogP contribution is -2.48. The number of aliphatic hydroxyl groups is 1. The van der Waals surface area contributed by atoms with E-state index in [2.05, 4.69) is 18.7 Å². The Kier molecular flexibility index (Phi) is 6.12. The van der Waals surface area contributed by atoms with Gasteiger partial charge < -0.3 is 14.7 Å². The Morgan fingerprint density at radius 1 is 1.12 bits per heavy atom. The molecule has 0 bridgehead atoms. The summed E-state index contributed by atoms with van der Waals surface area (Å²) in [5, 5.41) is 9.79. The molecule has 3 rings (SSSR count). The van der Waals surface area contributed by atoms with Crippen LogP contribution in [-0.2, 0) is 4.74 Å². The number of ketones is 1. The van der Waals surface area contributed by atoms with Crippen molar-refractivity contribution in [2.24, 2.45) is 11.8 Å². The lowest BCUT2D eigenvalue weighted by atomic mass is 9.96. The summed E-state index contributed by atoms with van der Waals surface area (Å²) < 4.78 is 5.79. The number of hydrogen-bond acceptors (Lipinski definition) is 6. The fourth-order valence-corrected chi connectivity index (χ4v) is 4.95. The molecule has 0 unspecified atom stereocenters. The van der Waals surface area contributed by atoms with Crippen LogP contribution < -0.4 is 0 Å². The van der Waals surface area contributed by atoms with Crippen molar-refractivity contribution in [1.29, 1.82) is 0 Å². The lowest BCUT2D eigenvalue weighted by Gasteiger charge is -2.37. The molecule has 1 aromatic rings. The van der Waals surface area contributed by atoms with E-state index in [1.54, 1.807) is 12.1 Å². The maximum Gasteiger partial charge on any atom is 0.263 e. The maximum atomic E-state index is 12.8. The molecule has 26 heavy (non-hydrogen) atoms. The molecule has 2 aliphatic rings. The van der Waals surface area contributed by atoms with Crippen LogP contribution in [0.1, 0.15) is 40.1 Å². The van der Waals surface area contributed by atoms with E-state index in [1.165, 1.54) is 18.3 Å². The molecule has 1 amide bonds. The number of ether oxygens (including phenoxy) is 1. The number of nitrogens with zero attached hydrogens (tertiary/aromatic N) is 2. The van der Waals surface area contributed by atoms with Crippen molar-refractivity contribution in [3.8, 4) is 0 Å². The summed E-state index contributed by atoms with van der Waals surface area (Å²) in [7, 11) is 0. The van der Waals surface area contributed by atoms with Crippen LogP contribution in [0.2, 0.25) is 0 Å². The third-order valence-corrected chi connectivity index (χ3v) is 6.42. The van der Waals surface area contributed by atoms with Crippen LogP contribution in [0.5, 0.6) is 0 Å². The first-order chi connectivity index (χ1) is 12.4. The van der Waals surface area contributed by atoms with Crippen molar-refractivity contribution < 1.29 is 19.4 Å².